The third-order valence-corrected chi connectivity index (χ3v) is 4.56. The van der Waals surface area contributed by atoms with Crippen molar-refractivity contribution in [3.05, 3.63) is 18.2 Å². The molecule has 29 heavy (non-hydrogen) atoms. The van der Waals surface area contributed by atoms with E-state index in [0.29, 0.717) is 55.7 Å². The molecule has 0 saturated carbocycles. The average molecular weight is 400 g/mol. The van der Waals surface area contributed by atoms with Crippen LogP contribution in [-0.4, -0.2) is 78.1 Å². The molecule has 0 atom stereocenters. The van der Waals surface area contributed by atoms with Gasteiger partial charge in [0.05, 0.1) is 26.4 Å². The first-order valence-electron chi connectivity index (χ1n) is 10.1. The molecule has 0 amide bonds. The summed E-state index contributed by atoms with van der Waals surface area (Å²) < 4.78 is 16.9. The largest absolute Gasteiger partial charge is 0.472 e. The van der Waals surface area contributed by atoms with Crippen LogP contribution in [0.2, 0.25) is 0 Å². The molecule has 4 heterocycles. The number of anilines is 2. The number of aromatic nitrogens is 4. The van der Waals surface area contributed by atoms with Gasteiger partial charge in [0.2, 0.25) is 17.8 Å². The maximum Gasteiger partial charge on any atom is 0.230 e. The van der Waals surface area contributed by atoms with Gasteiger partial charge in [-0.3, -0.25) is 0 Å². The lowest BCUT2D eigenvalue weighted by Crippen LogP contribution is -2.40. The molecule has 0 radical (unpaired) electrons. The van der Waals surface area contributed by atoms with E-state index < -0.39 is 0 Å². The van der Waals surface area contributed by atoms with Crippen molar-refractivity contribution >= 4 is 11.9 Å². The molecule has 2 aromatic rings. The van der Waals surface area contributed by atoms with E-state index in [1.54, 1.807) is 0 Å². The van der Waals surface area contributed by atoms with Gasteiger partial charge in [0, 0.05) is 32.2 Å². The lowest BCUT2D eigenvalue weighted by atomic mass is 10.2. The molecule has 9 heteroatoms. The fourth-order valence-electron chi connectivity index (χ4n) is 3.19. The van der Waals surface area contributed by atoms with Crippen molar-refractivity contribution in [3.63, 3.8) is 0 Å². The van der Waals surface area contributed by atoms with Crippen LogP contribution in [0.5, 0.6) is 5.88 Å². The Morgan fingerprint density at radius 3 is 1.86 bits per heavy atom. The van der Waals surface area contributed by atoms with E-state index in [0.717, 1.165) is 26.2 Å². The second-order valence-corrected chi connectivity index (χ2v) is 8.03. The predicted octanol–water partition coefficient (Wildman–Crippen LogP) is 1.78. The Labute approximate surface area is 171 Å². The monoisotopic (exact) mass is 400 g/mol. The number of pyridine rings is 1. The summed E-state index contributed by atoms with van der Waals surface area (Å²) in [4.78, 5) is 23.1. The quantitative estimate of drug-likeness (QED) is 0.762. The minimum atomic E-state index is -0.331. The van der Waals surface area contributed by atoms with Crippen LogP contribution in [-0.2, 0) is 9.47 Å². The highest BCUT2D eigenvalue weighted by Crippen LogP contribution is 2.24. The fraction of sp³-hybridized carbons (Fsp3) is 0.600. The zero-order valence-corrected chi connectivity index (χ0v) is 17.3. The van der Waals surface area contributed by atoms with Crippen LogP contribution in [0.4, 0.5) is 11.9 Å². The van der Waals surface area contributed by atoms with Crippen LogP contribution in [0.15, 0.2) is 18.2 Å². The third-order valence-electron chi connectivity index (χ3n) is 4.56. The second-order valence-electron chi connectivity index (χ2n) is 8.03. The lowest BCUT2D eigenvalue weighted by molar-refractivity contribution is 0.121. The van der Waals surface area contributed by atoms with Crippen LogP contribution >= 0.6 is 0 Å². The van der Waals surface area contributed by atoms with E-state index in [1.807, 2.05) is 39.0 Å². The molecule has 2 aliphatic rings. The Morgan fingerprint density at radius 1 is 0.793 bits per heavy atom. The molecule has 0 N–H and O–H groups in total. The van der Waals surface area contributed by atoms with Crippen LogP contribution in [0, 0.1) is 0 Å². The van der Waals surface area contributed by atoms with Gasteiger partial charge in [0.15, 0.2) is 5.82 Å². The van der Waals surface area contributed by atoms with Gasteiger partial charge in [-0.2, -0.15) is 15.0 Å². The van der Waals surface area contributed by atoms with Crippen molar-refractivity contribution in [2.45, 2.75) is 26.4 Å². The van der Waals surface area contributed by atoms with Gasteiger partial charge in [0.25, 0.3) is 0 Å². The first kappa shape index (κ1) is 19.8. The maximum absolute atomic E-state index is 5.92. The molecule has 2 aliphatic heterocycles. The number of nitrogens with zero attached hydrogens (tertiary/aromatic N) is 6. The highest BCUT2D eigenvalue weighted by atomic mass is 16.5. The van der Waals surface area contributed by atoms with Crippen molar-refractivity contribution in [2.75, 3.05) is 62.4 Å². The molecule has 4 rings (SSSR count). The van der Waals surface area contributed by atoms with Gasteiger partial charge in [-0.05, 0) is 26.8 Å². The van der Waals surface area contributed by atoms with Crippen molar-refractivity contribution < 1.29 is 14.2 Å². The highest BCUT2D eigenvalue weighted by molar-refractivity contribution is 5.55. The summed E-state index contributed by atoms with van der Waals surface area (Å²) in [6, 6.07) is 5.66. The Balaban J connectivity index is 1.70. The molecule has 0 aliphatic carbocycles. The Morgan fingerprint density at radius 2 is 1.34 bits per heavy atom. The summed E-state index contributed by atoms with van der Waals surface area (Å²) in [5.41, 5.74) is 0.334. The molecule has 0 aromatic carbocycles. The smallest absolute Gasteiger partial charge is 0.230 e. The molecule has 156 valence electrons. The van der Waals surface area contributed by atoms with E-state index in [1.165, 1.54) is 0 Å². The van der Waals surface area contributed by atoms with Gasteiger partial charge in [-0.1, -0.05) is 6.07 Å². The summed E-state index contributed by atoms with van der Waals surface area (Å²) in [7, 11) is 0. The maximum atomic E-state index is 5.92. The zero-order valence-electron chi connectivity index (χ0n) is 17.3. The first-order valence-corrected chi connectivity index (χ1v) is 10.1. The average Bonchev–Trinajstić information content (AvgIpc) is 2.74. The van der Waals surface area contributed by atoms with Crippen molar-refractivity contribution in [1.82, 2.24) is 19.9 Å². The Kier molecular flexibility index (Phi) is 5.77. The van der Waals surface area contributed by atoms with E-state index >= 15 is 0 Å². The number of hydrogen-bond donors (Lipinski definition) is 0. The molecule has 0 spiro atoms. The van der Waals surface area contributed by atoms with Crippen molar-refractivity contribution in [3.8, 4) is 17.4 Å². The van der Waals surface area contributed by atoms with Gasteiger partial charge in [0.1, 0.15) is 11.3 Å². The molecule has 0 bridgehead atoms. The second kappa shape index (κ2) is 8.46. The highest BCUT2D eigenvalue weighted by Gasteiger charge is 2.22. The van der Waals surface area contributed by atoms with Gasteiger partial charge >= 0.3 is 0 Å². The van der Waals surface area contributed by atoms with Crippen LogP contribution in [0.3, 0.4) is 0 Å². The zero-order chi connectivity index (χ0) is 20.3. The summed E-state index contributed by atoms with van der Waals surface area (Å²) in [6.07, 6.45) is 0. The van der Waals surface area contributed by atoms with E-state index in [9.17, 15) is 0 Å². The summed E-state index contributed by atoms with van der Waals surface area (Å²) in [5.74, 6) is 2.41. The normalized spacial score (nSPS) is 18.0. The van der Waals surface area contributed by atoms with E-state index in [-0.39, 0.29) is 5.60 Å². The van der Waals surface area contributed by atoms with E-state index in [2.05, 4.69) is 14.8 Å². The van der Waals surface area contributed by atoms with Gasteiger partial charge in [-0.15, -0.1) is 0 Å². The third kappa shape index (κ3) is 5.10. The Hall–Kier alpha value is -2.52. The van der Waals surface area contributed by atoms with Crippen LogP contribution in [0.1, 0.15) is 20.8 Å². The summed E-state index contributed by atoms with van der Waals surface area (Å²) in [6.45, 7) is 11.7. The molecule has 2 saturated heterocycles. The first-order chi connectivity index (χ1) is 14.0. The minimum Gasteiger partial charge on any atom is -0.472 e. The summed E-state index contributed by atoms with van der Waals surface area (Å²) in [5, 5.41) is 0. The molecule has 2 aromatic heterocycles. The standard InChI is InChI=1S/C20H28N6O3/c1-20(2,3)29-16-6-4-5-15(21-16)17-22-18(25-7-11-27-12-8-25)24-19(23-17)26-9-13-28-14-10-26/h4-6H,7-14H2,1-3H3. The number of ether oxygens (including phenoxy) is 3. The topological polar surface area (TPSA) is 85.7 Å². The fourth-order valence-corrected chi connectivity index (χ4v) is 3.19. The molecule has 9 nitrogen and oxygen atoms in total. The molecular formula is C20H28N6O3. The van der Waals surface area contributed by atoms with Crippen molar-refractivity contribution in [2.24, 2.45) is 0 Å². The van der Waals surface area contributed by atoms with Crippen LogP contribution < -0.4 is 14.5 Å². The van der Waals surface area contributed by atoms with Crippen LogP contribution in [0.25, 0.3) is 11.5 Å². The molecule has 0 unspecified atom stereocenters. The predicted molar refractivity (Wildman–Crippen MR) is 110 cm³/mol. The number of rotatable bonds is 4. The number of hydrogen-bond acceptors (Lipinski definition) is 9. The van der Waals surface area contributed by atoms with Gasteiger partial charge < -0.3 is 24.0 Å². The van der Waals surface area contributed by atoms with E-state index in [4.69, 9.17) is 29.2 Å². The van der Waals surface area contributed by atoms with Crippen molar-refractivity contribution in [1.29, 1.82) is 0 Å². The minimum absolute atomic E-state index is 0.331. The van der Waals surface area contributed by atoms with Gasteiger partial charge in [-0.25, -0.2) is 4.98 Å². The SMILES string of the molecule is CC(C)(C)Oc1cccc(-c2nc(N3CCOCC3)nc(N3CCOCC3)n2)n1. The Bertz CT molecular complexity index is 793. The summed E-state index contributed by atoms with van der Waals surface area (Å²) >= 11 is 0. The lowest BCUT2D eigenvalue weighted by Gasteiger charge is -2.30. The molecular weight excluding hydrogens is 372 g/mol. The number of morpholine rings is 2. The molecule has 2 fully saturated rings.